The monoisotopic (exact) mass is 242 g/mol. The average molecular weight is 242 g/mol. The molecule has 2 heterocycles. The lowest BCUT2D eigenvalue weighted by atomic mass is 9.93. The Kier molecular flexibility index (Phi) is 4.20. The quantitative estimate of drug-likeness (QED) is 0.817. The topological polar surface area (TPSA) is 15.3 Å². The van der Waals surface area contributed by atoms with Crippen molar-refractivity contribution in [3.05, 3.63) is 0 Å². The molecule has 16 heavy (non-hydrogen) atoms. The predicted octanol–water partition coefficient (Wildman–Crippen LogP) is 2.20. The summed E-state index contributed by atoms with van der Waals surface area (Å²) >= 11 is 2.14. The number of rotatable bonds is 3. The van der Waals surface area contributed by atoms with Gasteiger partial charge in [-0.3, -0.25) is 4.90 Å². The first-order valence-corrected chi connectivity index (χ1v) is 7.85. The Morgan fingerprint density at radius 3 is 2.94 bits per heavy atom. The molecule has 1 N–H and O–H groups in total. The van der Waals surface area contributed by atoms with Crippen molar-refractivity contribution >= 4 is 11.8 Å². The highest BCUT2D eigenvalue weighted by Gasteiger charge is 2.33. The molecule has 3 unspecified atom stereocenters. The fraction of sp³-hybridized carbons (Fsp3) is 1.00. The Bertz CT molecular complexity index is 228. The summed E-state index contributed by atoms with van der Waals surface area (Å²) in [5.74, 6) is 3.72. The van der Waals surface area contributed by atoms with Crippen LogP contribution in [0.4, 0.5) is 0 Å². The molecule has 0 radical (unpaired) electrons. The molecule has 94 valence electrons. The molecule has 0 aliphatic carbocycles. The molecule has 0 bridgehead atoms. The summed E-state index contributed by atoms with van der Waals surface area (Å²) in [6.45, 7) is 10.7. The lowest BCUT2D eigenvalue weighted by Gasteiger charge is -2.45. The maximum absolute atomic E-state index is 3.70. The smallest absolute Gasteiger partial charge is 0.0278 e. The summed E-state index contributed by atoms with van der Waals surface area (Å²) in [4.78, 5) is 2.72. The van der Waals surface area contributed by atoms with Gasteiger partial charge in [0.25, 0.3) is 0 Å². The molecule has 3 heteroatoms. The van der Waals surface area contributed by atoms with Crippen molar-refractivity contribution in [1.82, 2.24) is 10.2 Å². The predicted molar refractivity (Wildman–Crippen MR) is 73.2 cm³/mol. The maximum Gasteiger partial charge on any atom is 0.0278 e. The van der Waals surface area contributed by atoms with Crippen LogP contribution in [-0.4, -0.2) is 47.6 Å². The molecule has 0 saturated carbocycles. The largest absolute Gasteiger partial charge is 0.309 e. The second kappa shape index (κ2) is 5.28. The van der Waals surface area contributed by atoms with Gasteiger partial charge < -0.3 is 5.32 Å². The van der Waals surface area contributed by atoms with Crippen LogP contribution in [0.25, 0.3) is 0 Å². The van der Waals surface area contributed by atoms with Crippen LogP contribution in [0.3, 0.4) is 0 Å². The van der Waals surface area contributed by atoms with E-state index >= 15 is 0 Å². The van der Waals surface area contributed by atoms with Crippen molar-refractivity contribution in [2.75, 3.05) is 31.1 Å². The first kappa shape index (κ1) is 12.7. The molecular formula is C13H26N2S. The second-order valence-corrected chi connectivity index (χ2v) is 6.95. The normalized spacial score (nSPS) is 41.4. The zero-order valence-corrected chi connectivity index (χ0v) is 11.8. The van der Waals surface area contributed by atoms with Gasteiger partial charge in [-0.05, 0) is 44.1 Å². The molecule has 0 aromatic carbocycles. The van der Waals surface area contributed by atoms with Crippen LogP contribution in [-0.2, 0) is 0 Å². The fourth-order valence-corrected chi connectivity index (χ4v) is 4.00. The van der Waals surface area contributed by atoms with Crippen LogP contribution in [0.5, 0.6) is 0 Å². The van der Waals surface area contributed by atoms with Gasteiger partial charge in [0.05, 0.1) is 0 Å². The van der Waals surface area contributed by atoms with Gasteiger partial charge in [-0.25, -0.2) is 0 Å². The minimum absolute atomic E-state index is 0.345. The van der Waals surface area contributed by atoms with Crippen molar-refractivity contribution in [2.45, 2.75) is 45.2 Å². The van der Waals surface area contributed by atoms with Gasteiger partial charge in [0.15, 0.2) is 0 Å². The molecule has 2 aliphatic heterocycles. The SMILES string of the molecule is CCC1(C)CN(CC2CCSC2)C(C)CN1. The van der Waals surface area contributed by atoms with Crippen molar-refractivity contribution in [3.63, 3.8) is 0 Å². The molecule has 2 fully saturated rings. The molecule has 2 aliphatic rings. The lowest BCUT2D eigenvalue weighted by Crippen LogP contribution is -2.62. The van der Waals surface area contributed by atoms with Crippen LogP contribution in [0, 0.1) is 5.92 Å². The lowest BCUT2D eigenvalue weighted by molar-refractivity contribution is 0.0811. The number of nitrogens with zero attached hydrogens (tertiary/aromatic N) is 1. The van der Waals surface area contributed by atoms with Gasteiger partial charge in [0.1, 0.15) is 0 Å². The number of hydrogen-bond donors (Lipinski definition) is 1. The van der Waals surface area contributed by atoms with E-state index in [4.69, 9.17) is 0 Å². The highest BCUT2D eigenvalue weighted by molar-refractivity contribution is 7.99. The highest BCUT2D eigenvalue weighted by atomic mass is 32.2. The van der Waals surface area contributed by atoms with Gasteiger partial charge in [-0.2, -0.15) is 11.8 Å². The summed E-state index contributed by atoms with van der Waals surface area (Å²) in [6, 6.07) is 0.713. The van der Waals surface area contributed by atoms with Gasteiger partial charge in [-0.1, -0.05) is 6.92 Å². The standard InChI is InChI=1S/C13H26N2S/c1-4-13(3)10-15(11(2)7-14-13)8-12-5-6-16-9-12/h11-12,14H,4-10H2,1-3H3. The molecule has 3 atom stereocenters. The van der Waals surface area contributed by atoms with Crippen LogP contribution >= 0.6 is 11.8 Å². The molecule has 0 spiro atoms. The Labute approximate surface area is 105 Å². The van der Waals surface area contributed by atoms with E-state index in [0.29, 0.717) is 11.6 Å². The zero-order chi connectivity index (χ0) is 11.6. The van der Waals surface area contributed by atoms with E-state index in [9.17, 15) is 0 Å². The van der Waals surface area contributed by atoms with Gasteiger partial charge in [0, 0.05) is 31.2 Å². The Morgan fingerprint density at radius 1 is 1.50 bits per heavy atom. The van der Waals surface area contributed by atoms with E-state index in [0.717, 1.165) is 12.5 Å². The molecule has 2 saturated heterocycles. The van der Waals surface area contributed by atoms with Crippen LogP contribution < -0.4 is 5.32 Å². The van der Waals surface area contributed by atoms with Crippen molar-refractivity contribution in [2.24, 2.45) is 5.92 Å². The van der Waals surface area contributed by atoms with Crippen molar-refractivity contribution in [1.29, 1.82) is 0 Å². The Balaban J connectivity index is 1.90. The van der Waals surface area contributed by atoms with Crippen molar-refractivity contribution in [3.8, 4) is 0 Å². The van der Waals surface area contributed by atoms with E-state index in [1.165, 1.54) is 37.4 Å². The van der Waals surface area contributed by atoms with E-state index in [1.54, 1.807) is 0 Å². The van der Waals surface area contributed by atoms with E-state index in [2.05, 4.69) is 42.7 Å². The van der Waals surface area contributed by atoms with Crippen LogP contribution in [0.1, 0.15) is 33.6 Å². The number of hydrogen-bond acceptors (Lipinski definition) is 3. The molecular weight excluding hydrogens is 216 g/mol. The summed E-state index contributed by atoms with van der Waals surface area (Å²) in [7, 11) is 0. The molecule has 2 rings (SSSR count). The third kappa shape index (κ3) is 2.93. The second-order valence-electron chi connectivity index (χ2n) is 5.80. The summed E-state index contributed by atoms with van der Waals surface area (Å²) in [5.41, 5.74) is 0.345. The Hall–Kier alpha value is 0.270. The minimum atomic E-state index is 0.345. The number of nitrogens with one attached hydrogen (secondary N) is 1. The van der Waals surface area contributed by atoms with Gasteiger partial charge in [-0.15, -0.1) is 0 Å². The third-order valence-electron chi connectivity index (χ3n) is 4.30. The van der Waals surface area contributed by atoms with E-state index < -0.39 is 0 Å². The maximum atomic E-state index is 3.70. The van der Waals surface area contributed by atoms with Crippen LogP contribution in [0.2, 0.25) is 0 Å². The summed E-state index contributed by atoms with van der Waals surface area (Å²) in [6.07, 6.45) is 2.67. The van der Waals surface area contributed by atoms with Gasteiger partial charge >= 0.3 is 0 Å². The fourth-order valence-electron chi connectivity index (χ4n) is 2.72. The molecule has 0 amide bonds. The zero-order valence-electron chi connectivity index (χ0n) is 11.0. The minimum Gasteiger partial charge on any atom is -0.309 e. The molecule has 0 aromatic rings. The van der Waals surface area contributed by atoms with E-state index in [1.807, 2.05) is 0 Å². The summed E-state index contributed by atoms with van der Waals surface area (Å²) in [5, 5.41) is 3.70. The number of piperazine rings is 1. The average Bonchev–Trinajstić information content (AvgIpc) is 2.77. The van der Waals surface area contributed by atoms with Gasteiger partial charge in [0.2, 0.25) is 0 Å². The van der Waals surface area contributed by atoms with Crippen molar-refractivity contribution < 1.29 is 0 Å². The highest BCUT2D eigenvalue weighted by Crippen LogP contribution is 2.27. The molecule has 2 nitrogen and oxygen atoms in total. The molecule has 0 aromatic heterocycles. The van der Waals surface area contributed by atoms with Crippen LogP contribution in [0.15, 0.2) is 0 Å². The summed E-state index contributed by atoms with van der Waals surface area (Å²) < 4.78 is 0. The third-order valence-corrected chi connectivity index (χ3v) is 5.53. The Morgan fingerprint density at radius 2 is 2.31 bits per heavy atom. The first-order valence-electron chi connectivity index (χ1n) is 6.70. The van der Waals surface area contributed by atoms with E-state index in [-0.39, 0.29) is 0 Å². The first-order chi connectivity index (χ1) is 7.63. The number of thioether (sulfide) groups is 1.